The lowest BCUT2D eigenvalue weighted by Gasteiger charge is -2.11. The Balaban J connectivity index is 2.30. The summed E-state index contributed by atoms with van der Waals surface area (Å²) in [5.41, 5.74) is -0.0573. The van der Waals surface area contributed by atoms with Crippen LogP contribution < -0.4 is 14.8 Å². The van der Waals surface area contributed by atoms with Crippen LogP contribution in [0.15, 0.2) is 36.4 Å². The smallest absolute Gasteiger partial charge is 0.259 e. The molecule has 21 heavy (non-hydrogen) atoms. The minimum atomic E-state index is -0.654. The van der Waals surface area contributed by atoms with Crippen molar-refractivity contribution in [3.05, 3.63) is 47.8 Å². The summed E-state index contributed by atoms with van der Waals surface area (Å²) >= 11 is 0. The summed E-state index contributed by atoms with van der Waals surface area (Å²) in [4.78, 5) is 12.1. The van der Waals surface area contributed by atoms with Crippen molar-refractivity contribution >= 4 is 11.6 Å². The number of phenolic OH excluding ortho intramolecular Hbond substituents is 1. The minimum Gasteiger partial charge on any atom is -0.504 e. The van der Waals surface area contributed by atoms with E-state index in [4.69, 9.17) is 9.47 Å². The van der Waals surface area contributed by atoms with Crippen molar-refractivity contribution < 1.29 is 23.8 Å². The van der Waals surface area contributed by atoms with Crippen LogP contribution in [0.1, 0.15) is 10.4 Å². The number of carbonyl (C=O) groups excluding carboxylic acids is 1. The number of hydrogen-bond donors (Lipinski definition) is 2. The Morgan fingerprint density at radius 1 is 1.19 bits per heavy atom. The molecule has 0 fully saturated rings. The average molecular weight is 291 g/mol. The molecule has 110 valence electrons. The predicted molar refractivity (Wildman–Crippen MR) is 75.6 cm³/mol. The second-order valence-corrected chi connectivity index (χ2v) is 4.16. The van der Waals surface area contributed by atoms with Crippen molar-refractivity contribution in [3.8, 4) is 17.2 Å². The quantitative estimate of drug-likeness (QED) is 0.909. The van der Waals surface area contributed by atoms with Gasteiger partial charge in [0.15, 0.2) is 11.5 Å². The number of methoxy groups -OCH3 is 2. The number of ether oxygens (including phenoxy) is 2. The van der Waals surface area contributed by atoms with Crippen LogP contribution in [-0.4, -0.2) is 25.2 Å². The first-order valence-electron chi connectivity index (χ1n) is 6.07. The molecule has 0 aromatic heterocycles. The minimum absolute atomic E-state index is 0.0171. The molecule has 0 bridgehead atoms. The zero-order chi connectivity index (χ0) is 15.4. The molecule has 0 aliphatic carbocycles. The van der Waals surface area contributed by atoms with Crippen LogP contribution >= 0.6 is 0 Å². The monoisotopic (exact) mass is 291 g/mol. The second-order valence-electron chi connectivity index (χ2n) is 4.16. The largest absolute Gasteiger partial charge is 0.504 e. The molecule has 0 saturated carbocycles. The summed E-state index contributed by atoms with van der Waals surface area (Å²) in [7, 11) is 2.81. The zero-order valence-electron chi connectivity index (χ0n) is 11.5. The van der Waals surface area contributed by atoms with Crippen molar-refractivity contribution in [2.45, 2.75) is 0 Å². The number of para-hydroxylation sites is 1. The molecule has 0 spiro atoms. The van der Waals surface area contributed by atoms with Gasteiger partial charge in [-0.25, -0.2) is 4.39 Å². The van der Waals surface area contributed by atoms with E-state index in [1.165, 1.54) is 44.6 Å². The molecule has 0 heterocycles. The van der Waals surface area contributed by atoms with Gasteiger partial charge in [0.05, 0.1) is 25.5 Å². The van der Waals surface area contributed by atoms with Gasteiger partial charge in [-0.2, -0.15) is 0 Å². The topological polar surface area (TPSA) is 67.8 Å². The highest BCUT2D eigenvalue weighted by atomic mass is 19.1. The van der Waals surface area contributed by atoms with E-state index >= 15 is 0 Å². The molecule has 0 aliphatic rings. The fourth-order valence-electron chi connectivity index (χ4n) is 1.79. The van der Waals surface area contributed by atoms with Crippen LogP contribution in [-0.2, 0) is 0 Å². The molecular formula is C15H14FNO4. The number of hydrogen-bond acceptors (Lipinski definition) is 4. The van der Waals surface area contributed by atoms with Gasteiger partial charge in [-0.05, 0) is 24.3 Å². The SMILES string of the molecule is COc1ccc(F)c(NC(=O)c2cccc(OC)c2O)c1. The van der Waals surface area contributed by atoms with E-state index in [0.717, 1.165) is 0 Å². The van der Waals surface area contributed by atoms with Crippen molar-refractivity contribution in [1.29, 1.82) is 0 Å². The van der Waals surface area contributed by atoms with Crippen molar-refractivity contribution in [2.24, 2.45) is 0 Å². The number of phenols is 1. The summed E-state index contributed by atoms with van der Waals surface area (Å²) in [5.74, 6) is -0.999. The summed E-state index contributed by atoms with van der Waals surface area (Å²) in [5, 5.41) is 12.3. The molecule has 2 rings (SSSR count). The standard InChI is InChI=1S/C15H14FNO4/c1-20-9-6-7-11(16)12(8-9)17-15(19)10-4-3-5-13(21-2)14(10)18/h3-8,18H,1-2H3,(H,17,19). The number of aromatic hydroxyl groups is 1. The molecule has 0 saturated heterocycles. The van der Waals surface area contributed by atoms with Crippen molar-refractivity contribution in [1.82, 2.24) is 0 Å². The lowest BCUT2D eigenvalue weighted by atomic mass is 10.1. The summed E-state index contributed by atoms with van der Waals surface area (Å²) < 4.78 is 23.6. The van der Waals surface area contributed by atoms with Gasteiger partial charge in [0.1, 0.15) is 11.6 Å². The van der Waals surface area contributed by atoms with Gasteiger partial charge < -0.3 is 19.9 Å². The molecule has 5 nitrogen and oxygen atoms in total. The lowest BCUT2D eigenvalue weighted by Crippen LogP contribution is -2.13. The number of halogens is 1. The Bertz CT molecular complexity index is 673. The van der Waals surface area contributed by atoms with E-state index in [9.17, 15) is 14.3 Å². The first-order valence-corrected chi connectivity index (χ1v) is 6.07. The highest BCUT2D eigenvalue weighted by molar-refractivity contribution is 6.06. The normalized spacial score (nSPS) is 10.0. The average Bonchev–Trinajstić information content (AvgIpc) is 2.49. The van der Waals surface area contributed by atoms with E-state index in [-0.39, 0.29) is 22.7 Å². The zero-order valence-corrected chi connectivity index (χ0v) is 11.5. The Kier molecular flexibility index (Phi) is 4.27. The molecule has 0 unspecified atom stereocenters. The van der Waals surface area contributed by atoms with E-state index in [0.29, 0.717) is 5.75 Å². The summed E-state index contributed by atoms with van der Waals surface area (Å²) in [6, 6.07) is 8.44. The van der Waals surface area contributed by atoms with E-state index < -0.39 is 11.7 Å². The number of benzene rings is 2. The number of carbonyl (C=O) groups is 1. The Labute approximate surface area is 120 Å². The van der Waals surface area contributed by atoms with Crippen LogP contribution in [0.4, 0.5) is 10.1 Å². The molecule has 2 aromatic carbocycles. The van der Waals surface area contributed by atoms with Gasteiger partial charge >= 0.3 is 0 Å². The van der Waals surface area contributed by atoms with Crippen LogP contribution in [0.3, 0.4) is 0 Å². The first kappa shape index (κ1) is 14.6. The van der Waals surface area contributed by atoms with Gasteiger partial charge in [0, 0.05) is 6.07 Å². The third kappa shape index (κ3) is 3.05. The molecule has 2 aromatic rings. The van der Waals surface area contributed by atoms with E-state index in [2.05, 4.69) is 5.32 Å². The number of rotatable bonds is 4. The molecule has 0 atom stereocenters. The number of anilines is 1. The Morgan fingerprint density at radius 2 is 1.95 bits per heavy atom. The molecular weight excluding hydrogens is 277 g/mol. The molecule has 1 amide bonds. The van der Waals surface area contributed by atoms with Gasteiger partial charge in [-0.15, -0.1) is 0 Å². The molecule has 0 radical (unpaired) electrons. The third-order valence-corrected chi connectivity index (χ3v) is 2.89. The first-order chi connectivity index (χ1) is 10.1. The van der Waals surface area contributed by atoms with Gasteiger partial charge in [-0.3, -0.25) is 4.79 Å². The van der Waals surface area contributed by atoms with Gasteiger partial charge in [0.2, 0.25) is 0 Å². The third-order valence-electron chi connectivity index (χ3n) is 2.89. The maximum atomic E-state index is 13.7. The maximum absolute atomic E-state index is 13.7. The second kappa shape index (κ2) is 6.13. The summed E-state index contributed by atoms with van der Waals surface area (Å²) in [6.07, 6.45) is 0. The van der Waals surface area contributed by atoms with Gasteiger partial charge in [-0.1, -0.05) is 6.07 Å². The summed E-state index contributed by atoms with van der Waals surface area (Å²) in [6.45, 7) is 0. The molecule has 2 N–H and O–H groups in total. The maximum Gasteiger partial charge on any atom is 0.259 e. The fourth-order valence-corrected chi connectivity index (χ4v) is 1.79. The Hall–Kier alpha value is -2.76. The highest BCUT2D eigenvalue weighted by Crippen LogP contribution is 2.30. The Morgan fingerprint density at radius 3 is 2.62 bits per heavy atom. The van der Waals surface area contributed by atoms with E-state index in [1.54, 1.807) is 6.07 Å². The van der Waals surface area contributed by atoms with Crippen LogP contribution in [0.5, 0.6) is 17.2 Å². The van der Waals surface area contributed by atoms with Gasteiger partial charge in [0.25, 0.3) is 5.91 Å². The van der Waals surface area contributed by atoms with E-state index in [1.807, 2.05) is 0 Å². The number of nitrogens with one attached hydrogen (secondary N) is 1. The highest BCUT2D eigenvalue weighted by Gasteiger charge is 2.16. The lowest BCUT2D eigenvalue weighted by molar-refractivity contribution is 0.102. The molecule has 0 aliphatic heterocycles. The van der Waals surface area contributed by atoms with Crippen LogP contribution in [0, 0.1) is 5.82 Å². The number of amides is 1. The van der Waals surface area contributed by atoms with Crippen molar-refractivity contribution in [2.75, 3.05) is 19.5 Å². The fraction of sp³-hybridized carbons (Fsp3) is 0.133. The van der Waals surface area contributed by atoms with Crippen LogP contribution in [0.25, 0.3) is 0 Å². The molecule has 6 heteroatoms. The predicted octanol–water partition coefficient (Wildman–Crippen LogP) is 2.80. The van der Waals surface area contributed by atoms with Crippen molar-refractivity contribution in [3.63, 3.8) is 0 Å². The van der Waals surface area contributed by atoms with Crippen LogP contribution in [0.2, 0.25) is 0 Å².